The van der Waals surface area contributed by atoms with Crippen LogP contribution in [0, 0.1) is 6.92 Å². The Balaban J connectivity index is 1.94. The largest absolute Gasteiger partial charge is 0.463 e. The van der Waals surface area contributed by atoms with E-state index in [4.69, 9.17) is 4.42 Å². The zero-order valence-electron chi connectivity index (χ0n) is 12.6. The van der Waals surface area contributed by atoms with E-state index in [1.165, 1.54) is 5.56 Å². The normalized spacial score (nSPS) is 17.1. The van der Waals surface area contributed by atoms with E-state index in [2.05, 4.69) is 56.1 Å². The summed E-state index contributed by atoms with van der Waals surface area (Å²) in [4.78, 5) is 2.42. The van der Waals surface area contributed by atoms with E-state index in [1.54, 1.807) is 0 Å². The molecule has 1 aromatic heterocycles. The van der Waals surface area contributed by atoms with Crippen LogP contribution in [0.1, 0.15) is 44.3 Å². The topological polar surface area (TPSA) is 28.4 Å². The Kier molecular flexibility index (Phi) is 4.48. The number of aryl methyl sites for hydroxylation is 1. The number of rotatable bonds is 4. The lowest BCUT2D eigenvalue weighted by atomic mass is 10.1. The van der Waals surface area contributed by atoms with Gasteiger partial charge in [0.25, 0.3) is 0 Å². The van der Waals surface area contributed by atoms with Crippen molar-refractivity contribution in [1.29, 1.82) is 0 Å². The molecule has 1 N–H and O–H groups in total. The summed E-state index contributed by atoms with van der Waals surface area (Å²) in [6.45, 7) is 12.5. The molecule has 1 aliphatic rings. The van der Waals surface area contributed by atoms with Crippen molar-refractivity contribution in [1.82, 2.24) is 10.2 Å². The molecular formula is C16H26N2O. The molecule has 0 unspecified atom stereocenters. The second-order valence-corrected chi connectivity index (χ2v) is 6.42. The van der Waals surface area contributed by atoms with Crippen LogP contribution in [-0.4, -0.2) is 23.5 Å². The van der Waals surface area contributed by atoms with Crippen molar-refractivity contribution < 1.29 is 4.42 Å². The van der Waals surface area contributed by atoms with E-state index in [0.717, 1.165) is 44.1 Å². The van der Waals surface area contributed by atoms with Crippen molar-refractivity contribution in [2.45, 2.75) is 52.7 Å². The van der Waals surface area contributed by atoms with E-state index >= 15 is 0 Å². The molecule has 1 aromatic rings. The van der Waals surface area contributed by atoms with Crippen LogP contribution < -0.4 is 5.32 Å². The van der Waals surface area contributed by atoms with Gasteiger partial charge in [-0.25, -0.2) is 0 Å². The van der Waals surface area contributed by atoms with Crippen molar-refractivity contribution in [3.8, 4) is 0 Å². The van der Waals surface area contributed by atoms with Crippen LogP contribution in [0.25, 0.3) is 0 Å². The van der Waals surface area contributed by atoms with Crippen LogP contribution in [0.5, 0.6) is 0 Å². The van der Waals surface area contributed by atoms with Crippen molar-refractivity contribution in [3.05, 3.63) is 35.3 Å². The average molecular weight is 262 g/mol. The van der Waals surface area contributed by atoms with Crippen LogP contribution in [-0.2, 0) is 13.1 Å². The number of nitrogens with one attached hydrogen (secondary N) is 1. The van der Waals surface area contributed by atoms with E-state index in [-0.39, 0.29) is 5.54 Å². The van der Waals surface area contributed by atoms with Crippen molar-refractivity contribution >= 4 is 0 Å². The highest BCUT2D eigenvalue weighted by Gasteiger charge is 2.14. The Morgan fingerprint density at radius 2 is 2.11 bits per heavy atom. The average Bonchev–Trinajstić information content (AvgIpc) is 2.67. The van der Waals surface area contributed by atoms with Gasteiger partial charge in [0.15, 0.2) is 0 Å². The first kappa shape index (κ1) is 14.4. The minimum absolute atomic E-state index is 0.122. The Morgan fingerprint density at radius 3 is 2.74 bits per heavy atom. The lowest BCUT2D eigenvalue weighted by Crippen LogP contribution is -2.35. The number of furan rings is 1. The van der Waals surface area contributed by atoms with Gasteiger partial charge in [0, 0.05) is 18.6 Å². The Morgan fingerprint density at radius 1 is 1.32 bits per heavy atom. The minimum atomic E-state index is 0.122. The smallest absolute Gasteiger partial charge is 0.120 e. The first-order chi connectivity index (χ1) is 8.94. The van der Waals surface area contributed by atoms with Crippen LogP contribution in [0.15, 0.2) is 22.6 Å². The third-order valence-corrected chi connectivity index (χ3v) is 3.37. The van der Waals surface area contributed by atoms with Gasteiger partial charge >= 0.3 is 0 Å². The number of hydrogen-bond acceptors (Lipinski definition) is 3. The van der Waals surface area contributed by atoms with Crippen LogP contribution in [0.4, 0.5) is 0 Å². The van der Waals surface area contributed by atoms with Gasteiger partial charge in [-0.15, -0.1) is 0 Å². The highest BCUT2D eigenvalue weighted by Crippen LogP contribution is 2.18. The molecule has 0 saturated heterocycles. The summed E-state index contributed by atoms with van der Waals surface area (Å²) in [7, 11) is 0. The molecule has 0 radical (unpaired) electrons. The van der Waals surface area contributed by atoms with Crippen LogP contribution >= 0.6 is 0 Å². The molecule has 0 aliphatic carbocycles. The minimum Gasteiger partial charge on any atom is -0.463 e. The number of nitrogens with zero attached hydrogens (tertiary/aromatic N) is 1. The molecule has 2 heterocycles. The lowest BCUT2D eigenvalue weighted by molar-refractivity contribution is 0.259. The first-order valence-electron chi connectivity index (χ1n) is 7.14. The predicted octanol–water partition coefficient (Wildman–Crippen LogP) is 3.24. The molecule has 0 aromatic carbocycles. The molecule has 3 nitrogen and oxygen atoms in total. The summed E-state index contributed by atoms with van der Waals surface area (Å²) in [5.41, 5.74) is 1.37. The Bertz CT molecular complexity index is 440. The van der Waals surface area contributed by atoms with Gasteiger partial charge in [-0.3, -0.25) is 4.90 Å². The molecule has 106 valence electrons. The second kappa shape index (κ2) is 5.93. The third-order valence-electron chi connectivity index (χ3n) is 3.37. The van der Waals surface area contributed by atoms with E-state index < -0.39 is 0 Å². The van der Waals surface area contributed by atoms with Gasteiger partial charge in [-0.05, 0) is 45.7 Å². The molecule has 0 atom stereocenters. The standard InChI is InChI=1S/C16H26N2O/c1-13-10-14(12-18-8-6-5-7-9-18)19-15(13)11-17-16(2,3)4/h5-6,10,17H,7-9,11-12H2,1-4H3. The zero-order valence-corrected chi connectivity index (χ0v) is 12.6. The van der Waals surface area contributed by atoms with Crippen molar-refractivity contribution in [3.63, 3.8) is 0 Å². The maximum Gasteiger partial charge on any atom is 0.120 e. The molecule has 2 rings (SSSR count). The van der Waals surface area contributed by atoms with Crippen LogP contribution in [0.2, 0.25) is 0 Å². The summed E-state index contributed by atoms with van der Waals surface area (Å²) in [5.74, 6) is 2.15. The Hall–Kier alpha value is -1.06. The molecule has 1 aliphatic heterocycles. The summed E-state index contributed by atoms with van der Waals surface area (Å²) < 4.78 is 5.98. The lowest BCUT2D eigenvalue weighted by Gasteiger charge is -2.21. The molecule has 3 heteroatoms. The van der Waals surface area contributed by atoms with E-state index in [1.807, 2.05) is 0 Å². The molecule has 0 amide bonds. The number of hydrogen-bond donors (Lipinski definition) is 1. The summed E-state index contributed by atoms with van der Waals surface area (Å²) in [5, 5.41) is 3.48. The third kappa shape index (κ3) is 4.51. The molecule has 0 bridgehead atoms. The maximum absolute atomic E-state index is 5.98. The summed E-state index contributed by atoms with van der Waals surface area (Å²) in [6.07, 6.45) is 5.64. The van der Waals surface area contributed by atoms with Gasteiger partial charge in [0.1, 0.15) is 11.5 Å². The summed E-state index contributed by atoms with van der Waals surface area (Å²) in [6, 6.07) is 2.18. The SMILES string of the molecule is Cc1cc(CN2CC=CCC2)oc1CNC(C)(C)C. The van der Waals surface area contributed by atoms with Gasteiger partial charge in [-0.2, -0.15) is 0 Å². The first-order valence-corrected chi connectivity index (χ1v) is 7.14. The highest BCUT2D eigenvalue weighted by atomic mass is 16.3. The molecule has 0 saturated carbocycles. The van der Waals surface area contributed by atoms with Crippen molar-refractivity contribution in [2.75, 3.05) is 13.1 Å². The van der Waals surface area contributed by atoms with Gasteiger partial charge in [0.05, 0.1) is 13.1 Å². The predicted molar refractivity (Wildman–Crippen MR) is 79.1 cm³/mol. The van der Waals surface area contributed by atoms with Gasteiger partial charge in [0.2, 0.25) is 0 Å². The van der Waals surface area contributed by atoms with Gasteiger partial charge < -0.3 is 9.73 Å². The Labute approximate surface area is 116 Å². The molecule has 0 fully saturated rings. The zero-order chi connectivity index (χ0) is 13.9. The van der Waals surface area contributed by atoms with Crippen molar-refractivity contribution in [2.24, 2.45) is 0 Å². The maximum atomic E-state index is 5.98. The monoisotopic (exact) mass is 262 g/mol. The fourth-order valence-corrected chi connectivity index (χ4v) is 2.24. The highest BCUT2D eigenvalue weighted by molar-refractivity contribution is 5.20. The van der Waals surface area contributed by atoms with Gasteiger partial charge in [-0.1, -0.05) is 12.2 Å². The molecule has 19 heavy (non-hydrogen) atoms. The summed E-state index contributed by atoms with van der Waals surface area (Å²) >= 11 is 0. The quantitative estimate of drug-likeness (QED) is 0.844. The second-order valence-electron chi connectivity index (χ2n) is 6.42. The van der Waals surface area contributed by atoms with E-state index in [0.29, 0.717) is 0 Å². The molecule has 0 spiro atoms. The fourth-order valence-electron chi connectivity index (χ4n) is 2.24. The molecular weight excluding hydrogens is 236 g/mol. The van der Waals surface area contributed by atoms with Crippen LogP contribution in [0.3, 0.4) is 0 Å². The fraction of sp³-hybridized carbons (Fsp3) is 0.625. The van der Waals surface area contributed by atoms with E-state index in [9.17, 15) is 0 Å².